The van der Waals surface area contributed by atoms with Crippen LogP contribution in [0.1, 0.15) is 37.3 Å². The minimum atomic E-state index is 0.310. The van der Waals surface area contributed by atoms with Gasteiger partial charge >= 0.3 is 0 Å². The molecule has 102 valence electrons. The maximum Gasteiger partial charge on any atom is 0.0685 e. The van der Waals surface area contributed by atoms with Crippen LogP contribution < -0.4 is 5.32 Å². The van der Waals surface area contributed by atoms with Crippen molar-refractivity contribution in [1.82, 2.24) is 5.32 Å². The van der Waals surface area contributed by atoms with E-state index in [0.717, 1.165) is 25.0 Å². The Morgan fingerprint density at radius 2 is 2.16 bits per heavy atom. The molecule has 19 heavy (non-hydrogen) atoms. The van der Waals surface area contributed by atoms with Gasteiger partial charge in [0, 0.05) is 36.4 Å². The van der Waals surface area contributed by atoms with Gasteiger partial charge in [-0.2, -0.15) is 0 Å². The minimum absolute atomic E-state index is 0.310. The van der Waals surface area contributed by atoms with Gasteiger partial charge in [0.1, 0.15) is 0 Å². The van der Waals surface area contributed by atoms with Crippen LogP contribution in [0.15, 0.2) is 24.3 Å². The van der Waals surface area contributed by atoms with Crippen LogP contribution in [0.25, 0.3) is 0 Å². The highest BCUT2D eigenvalue weighted by molar-refractivity contribution is 5.40. The largest absolute Gasteiger partial charge is 0.377 e. The van der Waals surface area contributed by atoms with Gasteiger partial charge in [-0.25, -0.2) is 0 Å². The SMILES string of the molecule is CC1(C)C(NCC2Cc3ccccc32)C2CCOC21. The van der Waals surface area contributed by atoms with E-state index in [4.69, 9.17) is 4.74 Å². The van der Waals surface area contributed by atoms with Crippen molar-refractivity contribution in [2.24, 2.45) is 11.3 Å². The van der Waals surface area contributed by atoms with Crippen molar-refractivity contribution >= 4 is 0 Å². The van der Waals surface area contributed by atoms with Crippen LogP contribution in [0, 0.1) is 11.3 Å². The molecule has 2 nitrogen and oxygen atoms in total. The molecule has 4 unspecified atom stereocenters. The van der Waals surface area contributed by atoms with E-state index < -0.39 is 0 Å². The normalized spacial score (nSPS) is 38.0. The highest BCUT2D eigenvalue weighted by Gasteiger charge is 2.59. The van der Waals surface area contributed by atoms with Crippen LogP contribution in [0.4, 0.5) is 0 Å². The summed E-state index contributed by atoms with van der Waals surface area (Å²) in [6, 6.07) is 9.52. The van der Waals surface area contributed by atoms with Gasteiger partial charge in [0.2, 0.25) is 0 Å². The first-order valence-corrected chi connectivity index (χ1v) is 7.60. The van der Waals surface area contributed by atoms with E-state index in [1.807, 2.05) is 0 Å². The Morgan fingerprint density at radius 3 is 3.00 bits per heavy atom. The molecule has 1 N–H and O–H groups in total. The van der Waals surface area contributed by atoms with Crippen molar-refractivity contribution in [3.8, 4) is 0 Å². The van der Waals surface area contributed by atoms with Gasteiger partial charge in [-0.1, -0.05) is 38.1 Å². The third-order valence-electron chi connectivity index (χ3n) is 5.65. The molecule has 2 aliphatic carbocycles. The van der Waals surface area contributed by atoms with Crippen LogP contribution in [0.3, 0.4) is 0 Å². The molecule has 1 aromatic carbocycles. The molecule has 0 spiro atoms. The summed E-state index contributed by atoms with van der Waals surface area (Å²) >= 11 is 0. The van der Waals surface area contributed by atoms with Gasteiger partial charge in [-0.3, -0.25) is 0 Å². The summed E-state index contributed by atoms with van der Waals surface area (Å²) in [4.78, 5) is 0. The Hall–Kier alpha value is -0.860. The van der Waals surface area contributed by atoms with Crippen LogP contribution in [0.2, 0.25) is 0 Å². The zero-order valence-electron chi connectivity index (χ0n) is 11.9. The molecule has 4 atom stereocenters. The van der Waals surface area contributed by atoms with Crippen LogP contribution in [0.5, 0.6) is 0 Å². The highest BCUT2D eigenvalue weighted by Crippen LogP contribution is 2.52. The number of fused-ring (bicyclic) bond motifs is 2. The molecule has 1 aliphatic heterocycles. The fourth-order valence-corrected chi connectivity index (χ4v) is 4.55. The maximum absolute atomic E-state index is 5.86. The van der Waals surface area contributed by atoms with E-state index in [2.05, 4.69) is 43.4 Å². The average Bonchev–Trinajstić information content (AvgIpc) is 2.81. The molecule has 3 aliphatic rings. The minimum Gasteiger partial charge on any atom is -0.377 e. The zero-order valence-corrected chi connectivity index (χ0v) is 11.9. The molecule has 2 fully saturated rings. The smallest absolute Gasteiger partial charge is 0.0685 e. The fraction of sp³-hybridized carbons (Fsp3) is 0.647. The Bertz CT molecular complexity index is 496. The maximum atomic E-state index is 5.86. The first-order chi connectivity index (χ1) is 9.18. The van der Waals surface area contributed by atoms with Crippen LogP contribution >= 0.6 is 0 Å². The number of hydrogen-bond acceptors (Lipinski definition) is 2. The lowest BCUT2D eigenvalue weighted by atomic mass is 9.57. The van der Waals surface area contributed by atoms with Gasteiger partial charge in [0.05, 0.1) is 6.10 Å². The summed E-state index contributed by atoms with van der Waals surface area (Å²) in [7, 11) is 0. The standard InChI is InChI=1S/C17H23NO/c1-17(2)15(14-7-8-19-16(14)17)18-10-12-9-11-5-3-4-6-13(11)12/h3-6,12,14-16,18H,7-10H2,1-2H3. The third-order valence-corrected chi connectivity index (χ3v) is 5.65. The lowest BCUT2D eigenvalue weighted by Crippen LogP contribution is -2.66. The molecular formula is C17H23NO. The number of rotatable bonds is 3. The van der Waals surface area contributed by atoms with Crippen molar-refractivity contribution in [3.05, 3.63) is 35.4 Å². The third kappa shape index (κ3) is 1.63. The summed E-state index contributed by atoms with van der Waals surface area (Å²) in [5, 5.41) is 3.84. The predicted molar refractivity (Wildman–Crippen MR) is 76.3 cm³/mol. The zero-order chi connectivity index (χ0) is 13.0. The number of benzene rings is 1. The number of ether oxygens (including phenoxy) is 1. The molecular weight excluding hydrogens is 234 g/mol. The quantitative estimate of drug-likeness (QED) is 0.899. The monoisotopic (exact) mass is 257 g/mol. The van der Waals surface area contributed by atoms with Gasteiger partial charge in [0.15, 0.2) is 0 Å². The van der Waals surface area contributed by atoms with Crippen LogP contribution in [-0.4, -0.2) is 25.3 Å². The molecule has 1 aromatic rings. The van der Waals surface area contributed by atoms with Crippen molar-refractivity contribution < 1.29 is 4.74 Å². The van der Waals surface area contributed by atoms with E-state index in [0.29, 0.717) is 17.6 Å². The van der Waals surface area contributed by atoms with E-state index in [-0.39, 0.29) is 0 Å². The van der Waals surface area contributed by atoms with E-state index >= 15 is 0 Å². The Morgan fingerprint density at radius 1 is 1.32 bits per heavy atom. The lowest BCUT2D eigenvalue weighted by molar-refractivity contribution is -0.112. The van der Waals surface area contributed by atoms with E-state index in [9.17, 15) is 0 Å². The first-order valence-electron chi connectivity index (χ1n) is 7.60. The molecule has 0 aromatic heterocycles. The molecule has 4 rings (SSSR count). The molecule has 0 radical (unpaired) electrons. The van der Waals surface area contributed by atoms with Crippen molar-refractivity contribution in [1.29, 1.82) is 0 Å². The Labute approximate surface area is 115 Å². The summed E-state index contributed by atoms with van der Waals surface area (Å²) in [5.74, 6) is 1.48. The van der Waals surface area contributed by atoms with Crippen LogP contribution in [-0.2, 0) is 11.2 Å². The second-order valence-electron chi connectivity index (χ2n) is 7.05. The van der Waals surface area contributed by atoms with E-state index in [1.54, 1.807) is 11.1 Å². The lowest BCUT2D eigenvalue weighted by Gasteiger charge is -2.55. The second kappa shape index (κ2) is 4.07. The van der Waals surface area contributed by atoms with E-state index in [1.165, 1.54) is 12.8 Å². The highest BCUT2D eigenvalue weighted by atomic mass is 16.5. The number of nitrogens with one attached hydrogen (secondary N) is 1. The first kappa shape index (κ1) is 11.9. The molecule has 0 amide bonds. The fourth-order valence-electron chi connectivity index (χ4n) is 4.55. The average molecular weight is 257 g/mol. The van der Waals surface area contributed by atoms with Crippen molar-refractivity contribution in [2.45, 2.75) is 44.8 Å². The van der Waals surface area contributed by atoms with Gasteiger partial charge in [0.25, 0.3) is 0 Å². The predicted octanol–water partition coefficient (Wildman–Crippen LogP) is 2.73. The second-order valence-corrected chi connectivity index (χ2v) is 7.05. The number of hydrogen-bond donors (Lipinski definition) is 1. The Kier molecular flexibility index (Phi) is 2.55. The topological polar surface area (TPSA) is 21.3 Å². The van der Waals surface area contributed by atoms with Crippen molar-refractivity contribution in [2.75, 3.05) is 13.2 Å². The molecule has 2 heteroatoms. The molecule has 0 bridgehead atoms. The van der Waals surface area contributed by atoms with Gasteiger partial charge in [-0.15, -0.1) is 0 Å². The summed E-state index contributed by atoms with van der Waals surface area (Å²) < 4.78 is 5.86. The Balaban J connectivity index is 1.39. The summed E-state index contributed by atoms with van der Waals surface area (Å²) in [6.07, 6.45) is 2.99. The summed E-state index contributed by atoms with van der Waals surface area (Å²) in [6.45, 7) is 6.80. The van der Waals surface area contributed by atoms with Gasteiger partial charge in [-0.05, 0) is 24.0 Å². The molecule has 1 saturated carbocycles. The summed E-state index contributed by atoms with van der Waals surface area (Å²) in [5.41, 5.74) is 3.42. The molecule has 1 heterocycles. The van der Waals surface area contributed by atoms with Crippen molar-refractivity contribution in [3.63, 3.8) is 0 Å². The van der Waals surface area contributed by atoms with Gasteiger partial charge < -0.3 is 10.1 Å². The molecule has 1 saturated heterocycles.